The standard InChI is InChI=1S/C31H31NO/c1-19-13-20(2)30(21(3)14-19)24-8-10-29-26(17-24)25-16-23(7-9-28(25)33-29)27-15-22(11-12-32-27)18-31(4,5)6/h7-17H,18H2,1-6H3. The van der Waals surface area contributed by atoms with Crippen molar-refractivity contribution in [2.75, 3.05) is 0 Å². The summed E-state index contributed by atoms with van der Waals surface area (Å²) in [6.07, 6.45) is 2.95. The SMILES string of the molecule is Cc1cc(C)c(-c2ccc3oc4ccc(-c5cc(CC(C)(C)C)ccn5)cc4c3c2)c(C)c1. The van der Waals surface area contributed by atoms with Crippen molar-refractivity contribution in [1.29, 1.82) is 0 Å². The molecule has 2 heteroatoms. The molecule has 0 unspecified atom stereocenters. The van der Waals surface area contributed by atoms with Crippen LogP contribution in [0.15, 0.2) is 71.3 Å². The molecule has 0 fully saturated rings. The summed E-state index contributed by atoms with van der Waals surface area (Å²) in [4.78, 5) is 4.68. The Bertz CT molecular complexity index is 1470. The molecule has 33 heavy (non-hydrogen) atoms. The van der Waals surface area contributed by atoms with Gasteiger partial charge in [-0.25, -0.2) is 0 Å². The average molecular weight is 434 g/mol. The van der Waals surface area contributed by atoms with E-state index in [2.05, 4.69) is 107 Å². The highest BCUT2D eigenvalue weighted by Gasteiger charge is 2.15. The molecule has 0 atom stereocenters. The lowest BCUT2D eigenvalue weighted by Crippen LogP contribution is -2.09. The summed E-state index contributed by atoms with van der Waals surface area (Å²) in [5.41, 5.74) is 12.0. The van der Waals surface area contributed by atoms with E-state index in [-0.39, 0.29) is 5.41 Å². The number of nitrogens with zero attached hydrogens (tertiary/aromatic N) is 1. The van der Waals surface area contributed by atoms with Gasteiger partial charge >= 0.3 is 0 Å². The second-order valence-corrected chi connectivity index (χ2v) is 10.6. The molecule has 0 radical (unpaired) electrons. The number of fused-ring (bicyclic) bond motifs is 3. The lowest BCUT2D eigenvalue weighted by molar-refractivity contribution is 0.411. The van der Waals surface area contributed by atoms with Gasteiger partial charge in [0.2, 0.25) is 0 Å². The molecule has 2 heterocycles. The number of hydrogen-bond donors (Lipinski definition) is 0. The highest BCUT2D eigenvalue weighted by Crippen LogP contribution is 2.36. The maximum Gasteiger partial charge on any atom is 0.135 e. The van der Waals surface area contributed by atoms with Crippen molar-refractivity contribution in [3.8, 4) is 22.4 Å². The summed E-state index contributed by atoms with van der Waals surface area (Å²) in [5, 5.41) is 2.28. The third-order valence-corrected chi connectivity index (χ3v) is 6.29. The molecule has 0 N–H and O–H groups in total. The van der Waals surface area contributed by atoms with Crippen LogP contribution in [-0.2, 0) is 6.42 Å². The highest BCUT2D eigenvalue weighted by molar-refractivity contribution is 6.07. The minimum Gasteiger partial charge on any atom is -0.456 e. The second kappa shape index (κ2) is 7.88. The van der Waals surface area contributed by atoms with Gasteiger partial charge < -0.3 is 4.42 Å². The van der Waals surface area contributed by atoms with E-state index in [1.54, 1.807) is 0 Å². The van der Waals surface area contributed by atoms with Gasteiger partial charge in [-0.1, -0.05) is 44.5 Å². The van der Waals surface area contributed by atoms with Crippen molar-refractivity contribution in [3.05, 3.63) is 89.1 Å². The molecule has 0 aliphatic heterocycles. The van der Waals surface area contributed by atoms with E-state index >= 15 is 0 Å². The zero-order valence-electron chi connectivity index (χ0n) is 20.4. The van der Waals surface area contributed by atoms with Crippen LogP contribution < -0.4 is 0 Å². The van der Waals surface area contributed by atoms with Crippen LogP contribution >= 0.6 is 0 Å². The molecule has 166 valence electrons. The fraction of sp³-hybridized carbons (Fsp3) is 0.258. The van der Waals surface area contributed by atoms with Crippen LogP contribution in [0, 0.1) is 26.2 Å². The van der Waals surface area contributed by atoms with Crippen LogP contribution in [0.4, 0.5) is 0 Å². The monoisotopic (exact) mass is 433 g/mol. The van der Waals surface area contributed by atoms with Crippen molar-refractivity contribution in [3.63, 3.8) is 0 Å². The molecule has 0 bridgehead atoms. The van der Waals surface area contributed by atoms with Crippen LogP contribution in [-0.4, -0.2) is 4.98 Å². The van der Waals surface area contributed by atoms with Crippen molar-refractivity contribution >= 4 is 21.9 Å². The number of hydrogen-bond acceptors (Lipinski definition) is 2. The van der Waals surface area contributed by atoms with E-state index < -0.39 is 0 Å². The Morgan fingerprint density at radius 3 is 1.97 bits per heavy atom. The average Bonchev–Trinajstić information content (AvgIpc) is 3.09. The second-order valence-electron chi connectivity index (χ2n) is 10.6. The third kappa shape index (κ3) is 4.18. The first kappa shape index (κ1) is 21.5. The van der Waals surface area contributed by atoms with Gasteiger partial charge in [0, 0.05) is 22.5 Å². The van der Waals surface area contributed by atoms with Crippen molar-refractivity contribution in [2.24, 2.45) is 5.41 Å². The summed E-state index contributed by atoms with van der Waals surface area (Å²) < 4.78 is 6.18. The Balaban J connectivity index is 1.63. The molecule has 0 amide bonds. The largest absolute Gasteiger partial charge is 0.456 e. The summed E-state index contributed by atoms with van der Waals surface area (Å²) in [7, 11) is 0. The molecule has 3 aromatic carbocycles. The molecular formula is C31H31NO. The maximum atomic E-state index is 6.18. The minimum absolute atomic E-state index is 0.242. The number of rotatable bonds is 3. The topological polar surface area (TPSA) is 26.0 Å². The fourth-order valence-electron chi connectivity index (χ4n) is 5.08. The first-order chi connectivity index (χ1) is 15.7. The normalized spacial score (nSPS) is 12.1. The summed E-state index contributed by atoms with van der Waals surface area (Å²) in [6.45, 7) is 13.4. The Hall–Kier alpha value is -3.39. The van der Waals surface area contributed by atoms with Gasteiger partial charge in [0.25, 0.3) is 0 Å². The summed E-state index contributed by atoms with van der Waals surface area (Å²) in [5.74, 6) is 0. The zero-order valence-corrected chi connectivity index (χ0v) is 20.4. The van der Waals surface area contributed by atoms with Crippen LogP contribution in [0.1, 0.15) is 43.0 Å². The molecule has 0 aliphatic rings. The van der Waals surface area contributed by atoms with Crippen LogP contribution in [0.3, 0.4) is 0 Å². The van der Waals surface area contributed by atoms with E-state index in [0.29, 0.717) is 0 Å². The van der Waals surface area contributed by atoms with Gasteiger partial charge in [-0.3, -0.25) is 4.98 Å². The molecule has 5 aromatic rings. The van der Waals surface area contributed by atoms with E-state index in [0.717, 1.165) is 39.6 Å². The zero-order chi connectivity index (χ0) is 23.3. The van der Waals surface area contributed by atoms with Gasteiger partial charge in [-0.15, -0.1) is 0 Å². The number of furan rings is 1. The predicted molar refractivity (Wildman–Crippen MR) is 140 cm³/mol. The number of benzene rings is 3. The van der Waals surface area contributed by atoms with E-state index in [4.69, 9.17) is 4.42 Å². The number of aryl methyl sites for hydroxylation is 3. The van der Waals surface area contributed by atoms with Gasteiger partial charge in [-0.2, -0.15) is 0 Å². The summed E-state index contributed by atoms with van der Waals surface area (Å²) >= 11 is 0. The van der Waals surface area contributed by atoms with Crippen LogP contribution in [0.25, 0.3) is 44.3 Å². The first-order valence-electron chi connectivity index (χ1n) is 11.7. The molecule has 2 aromatic heterocycles. The van der Waals surface area contributed by atoms with Gasteiger partial charge in [0.15, 0.2) is 0 Å². The van der Waals surface area contributed by atoms with Crippen LogP contribution in [0.5, 0.6) is 0 Å². The van der Waals surface area contributed by atoms with Gasteiger partial charge in [0.05, 0.1) is 5.69 Å². The molecule has 2 nitrogen and oxygen atoms in total. The quantitative estimate of drug-likeness (QED) is 0.284. The van der Waals surface area contributed by atoms with Crippen molar-refractivity contribution in [1.82, 2.24) is 4.98 Å². The molecule has 5 rings (SSSR count). The fourth-order valence-corrected chi connectivity index (χ4v) is 5.08. The summed E-state index contributed by atoms with van der Waals surface area (Å²) in [6, 6.07) is 21.8. The van der Waals surface area contributed by atoms with E-state index in [1.807, 2.05) is 6.20 Å². The molecule has 0 saturated carbocycles. The molecular weight excluding hydrogens is 402 g/mol. The number of pyridine rings is 1. The lowest BCUT2D eigenvalue weighted by atomic mass is 9.88. The number of aromatic nitrogens is 1. The van der Waals surface area contributed by atoms with Gasteiger partial charge in [-0.05, 0) is 103 Å². The highest BCUT2D eigenvalue weighted by atomic mass is 16.3. The molecule has 0 aliphatic carbocycles. The maximum absolute atomic E-state index is 6.18. The van der Waals surface area contributed by atoms with Crippen LogP contribution in [0.2, 0.25) is 0 Å². The van der Waals surface area contributed by atoms with Crippen molar-refractivity contribution in [2.45, 2.75) is 48.0 Å². The smallest absolute Gasteiger partial charge is 0.135 e. The lowest BCUT2D eigenvalue weighted by Gasteiger charge is -2.18. The Labute approximate surface area is 196 Å². The van der Waals surface area contributed by atoms with Gasteiger partial charge in [0.1, 0.15) is 11.2 Å². The Kier molecular flexibility index (Phi) is 5.12. The first-order valence-corrected chi connectivity index (χ1v) is 11.7. The Morgan fingerprint density at radius 2 is 1.33 bits per heavy atom. The minimum atomic E-state index is 0.242. The van der Waals surface area contributed by atoms with E-state index in [9.17, 15) is 0 Å². The predicted octanol–water partition coefficient (Wildman–Crippen LogP) is 8.83. The Morgan fingerprint density at radius 1 is 0.727 bits per heavy atom. The third-order valence-electron chi connectivity index (χ3n) is 6.29. The molecule has 0 spiro atoms. The van der Waals surface area contributed by atoms with Crippen molar-refractivity contribution < 1.29 is 4.42 Å². The van der Waals surface area contributed by atoms with E-state index in [1.165, 1.54) is 33.4 Å². The molecule has 0 saturated heterocycles.